The molecule has 0 radical (unpaired) electrons. The number of carbonyl (C=O) groups excluding carboxylic acids is 2. The molecule has 0 aliphatic heterocycles. The lowest BCUT2D eigenvalue weighted by molar-refractivity contribution is -0.119. The molecule has 0 bridgehead atoms. The molecule has 3 aromatic rings. The molecule has 1 aromatic heterocycles. The first kappa shape index (κ1) is 19.9. The quantitative estimate of drug-likeness (QED) is 0.347. The highest BCUT2D eigenvalue weighted by atomic mass is 16.5. The zero-order chi connectivity index (χ0) is 20.5. The van der Waals surface area contributed by atoms with Gasteiger partial charge < -0.3 is 14.5 Å². The molecule has 0 aliphatic carbocycles. The Balaban J connectivity index is 1.52. The third-order valence-electron chi connectivity index (χ3n) is 3.92. The number of carbonyl (C=O) groups is 2. The van der Waals surface area contributed by atoms with E-state index in [2.05, 4.69) is 15.8 Å². The van der Waals surface area contributed by atoms with Crippen molar-refractivity contribution in [3.63, 3.8) is 0 Å². The first-order valence-electron chi connectivity index (χ1n) is 9.14. The number of nitrogens with one attached hydrogen (secondary N) is 2. The van der Waals surface area contributed by atoms with E-state index >= 15 is 0 Å². The summed E-state index contributed by atoms with van der Waals surface area (Å²) in [4.78, 5) is 23.5. The molecule has 0 unspecified atom stereocenters. The topological polar surface area (TPSA) is 92.9 Å². The van der Waals surface area contributed by atoms with Crippen LogP contribution in [0.15, 0.2) is 76.2 Å². The number of amides is 1. The van der Waals surface area contributed by atoms with E-state index in [0.717, 1.165) is 11.3 Å². The fourth-order valence-electron chi connectivity index (χ4n) is 2.51. The highest BCUT2D eigenvalue weighted by Gasteiger charge is 2.08. The summed E-state index contributed by atoms with van der Waals surface area (Å²) in [6, 6.07) is 19.9. The summed E-state index contributed by atoms with van der Waals surface area (Å²) in [6.45, 7) is 2.21. The molecule has 1 amide bonds. The molecular weight excluding hydrogens is 370 g/mol. The lowest BCUT2D eigenvalue weighted by atomic mass is 10.1. The van der Waals surface area contributed by atoms with Crippen molar-refractivity contribution < 1.29 is 18.7 Å². The first-order chi connectivity index (χ1) is 14.2. The fourth-order valence-corrected chi connectivity index (χ4v) is 2.51. The molecule has 0 aliphatic rings. The molecule has 0 fully saturated rings. The van der Waals surface area contributed by atoms with E-state index in [-0.39, 0.29) is 18.4 Å². The molecule has 0 saturated heterocycles. The summed E-state index contributed by atoms with van der Waals surface area (Å²) in [6.07, 6.45) is 1.43. The van der Waals surface area contributed by atoms with Crippen molar-refractivity contribution in [1.82, 2.24) is 5.43 Å². The van der Waals surface area contributed by atoms with Crippen molar-refractivity contribution in [1.29, 1.82) is 0 Å². The van der Waals surface area contributed by atoms with Gasteiger partial charge >= 0.3 is 5.97 Å². The van der Waals surface area contributed by atoms with Gasteiger partial charge in [0.15, 0.2) is 0 Å². The van der Waals surface area contributed by atoms with Crippen molar-refractivity contribution in [2.75, 3.05) is 18.5 Å². The Labute approximate surface area is 168 Å². The number of ether oxygens (including phenoxy) is 1. The highest BCUT2D eigenvalue weighted by molar-refractivity contribution is 5.90. The minimum absolute atomic E-state index is 0.109. The lowest BCUT2D eigenvalue weighted by Crippen LogP contribution is -2.25. The van der Waals surface area contributed by atoms with Crippen molar-refractivity contribution in [3.8, 4) is 11.3 Å². The second-order valence-corrected chi connectivity index (χ2v) is 6.01. The number of benzene rings is 2. The minimum Gasteiger partial charge on any atom is -0.462 e. The molecule has 0 saturated carbocycles. The Morgan fingerprint density at radius 1 is 1.03 bits per heavy atom. The van der Waals surface area contributed by atoms with Gasteiger partial charge in [0.25, 0.3) is 5.91 Å². The molecule has 0 atom stereocenters. The SMILES string of the molecule is CCOC(=O)c1ccc(-c2ccc(/C=N\NC(=O)CNc3ccccc3)o2)cc1. The Hall–Kier alpha value is -3.87. The van der Waals surface area contributed by atoms with E-state index in [0.29, 0.717) is 23.7 Å². The molecule has 2 N–H and O–H groups in total. The third kappa shape index (κ3) is 5.80. The predicted molar refractivity (Wildman–Crippen MR) is 111 cm³/mol. The number of nitrogens with zero attached hydrogens (tertiary/aromatic N) is 1. The van der Waals surface area contributed by atoms with Crippen LogP contribution in [-0.4, -0.2) is 31.2 Å². The average molecular weight is 391 g/mol. The van der Waals surface area contributed by atoms with E-state index < -0.39 is 0 Å². The number of hydrogen-bond acceptors (Lipinski definition) is 6. The number of para-hydroxylation sites is 1. The van der Waals surface area contributed by atoms with Gasteiger partial charge in [-0.1, -0.05) is 30.3 Å². The van der Waals surface area contributed by atoms with Crippen molar-refractivity contribution in [3.05, 3.63) is 78.1 Å². The number of esters is 1. The average Bonchev–Trinajstić information content (AvgIpc) is 3.22. The maximum absolute atomic E-state index is 11.8. The van der Waals surface area contributed by atoms with Gasteiger partial charge in [-0.15, -0.1) is 0 Å². The van der Waals surface area contributed by atoms with Gasteiger partial charge in [0.2, 0.25) is 0 Å². The smallest absolute Gasteiger partial charge is 0.338 e. The molecule has 3 rings (SSSR count). The minimum atomic E-state index is -0.358. The van der Waals surface area contributed by atoms with Crippen molar-refractivity contribution >= 4 is 23.8 Å². The van der Waals surface area contributed by atoms with E-state index in [1.54, 1.807) is 43.3 Å². The number of hydrazone groups is 1. The summed E-state index contributed by atoms with van der Waals surface area (Å²) in [7, 11) is 0. The maximum Gasteiger partial charge on any atom is 0.338 e. The van der Waals surface area contributed by atoms with Crippen LogP contribution < -0.4 is 10.7 Å². The number of hydrogen-bond donors (Lipinski definition) is 2. The normalized spacial score (nSPS) is 10.7. The number of anilines is 1. The van der Waals surface area contributed by atoms with Gasteiger partial charge in [0.1, 0.15) is 11.5 Å². The van der Waals surface area contributed by atoms with Gasteiger partial charge in [-0.2, -0.15) is 5.10 Å². The number of rotatable bonds is 8. The second kappa shape index (κ2) is 9.89. The van der Waals surface area contributed by atoms with E-state index in [9.17, 15) is 9.59 Å². The Morgan fingerprint density at radius 2 is 1.79 bits per heavy atom. The van der Waals surface area contributed by atoms with Crippen LogP contribution in [0.25, 0.3) is 11.3 Å². The fraction of sp³-hybridized carbons (Fsp3) is 0.136. The summed E-state index contributed by atoms with van der Waals surface area (Å²) < 4.78 is 10.7. The monoisotopic (exact) mass is 391 g/mol. The Morgan fingerprint density at radius 3 is 2.52 bits per heavy atom. The second-order valence-electron chi connectivity index (χ2n) is 6.01. The molecule has 7 heteroatoms. The van der Waals surface area contributed by atoms with Crippen molar-refractivity contribution in [2.45, 2.75) is 6.92 Å². The van der Waals surface area contributed by atoms with Crippen LogP contribution in [0.5, 0.6) is 0 Å². The highest BCUT2D eigenvalue weighted by Crippen LogP contribution is 2.22. The molecule has 7 nitrogen and oxygen atoms in total. The first-order valence-corrected chi connectivity index (χ1v) is 9.14. The predicted octanol–water partition coefficient (Wildman–Crippen LogP) is 3.69. The van der Waals surface area contributed by atoms with Crippen LogP contribution in [0.4, 0.5) is 5.69 Å². The van der Waals surface area contributed by atoms with E-state index in [1.807, 2.05) is 30.3 Å². The zero-order valence-electron chi connectivity index (χ0n) is 15.9. The largest absolute Gasteiger partial charge is 0.462 e. The summed E-state index contributed by atoms with van der Waals surface area (Å²) in [5.41, 5.74) is 4.59. The van der Waals surface area contributed by atoms with Crippen LogP contribution >= 0.6 is 0 Å². The van der Waals surface area contributed by atoms with Gasteiger partial charge in [-0.3, -0.25) is 4.79 Å². The van der Waals surface area contributed by atoms with Gasteiger partial charge in [0, 0.05) is 11.3 Å². The Bertz CT molecular complexity index is 979. The van der Waals surface area contributed by atoms with Gasteiger partial charge in [0.05, 0.1) is 24.9 Å². The lowest BCUT2D eigenvalue weighted by Gasteiger charge is -2.04. The van der Waals surface area contributed by atoms with E-state index in [1.165, 1.54) is 6.21 Å². The van der Waals surface area contributed by atoms with E-state index in [4.69, 9.17) is 9.15 Å². The van der Waals surface area contributed by atoms with Crippen LogP contribution in [0.3, 0.4) is 0 Å². The van der Waals surface area contributed by atoms with Gasteiger partial charge in [-0.25, -0.2) is 10.2 Å². The summed E-state index contributed by atoms with van der Waals surface area (Å²) in [5.74, 6) is 0.486. The molecule has 148 valence electrons. The summed E-state index contributed by atoms with van der Waals surface area (Å²) in [5, 5.41) is 6.90. The molecular formula is C22H21N3O4. The van der Waals surface area contributed by atoms with Crippen LogP contribution in [-0.2, 0) is 9.53 Å². The maximum atomic E-state index is 11.8. The molecule has 2 aromatic carbocycles. The molecule has 29 heavy (non-hydrogen) atoms. The molecule has 1 heterocycles. The number of furan rings is 1. The van der Waals surface area contributed by atoms with Crippen LogP contribution in [0.1, 0.15) is 23.0 Å². The van der Waals surface area contributed by atoms with Crippen LogP contribution in [0.2, 0.25) is 0 Å². The van der Waals surface area contributed by atoms with Crippen molar-refractivity contribution in [2.24, 2.45) is 5.10 Å². The van der Waals surface area contributed by atoms with Gasteiger partial charge in [-0.05, 0) is 43.3 Å². The third-order valence-corrected chi connectivity index (χ3v) is 3.92. The Kier molecular flexibility index (Phi) is 6.78. The van der Waals surface area contributed by atoms with Crippen LogP contribution in [0, 0.1) is 0 Å². The standard InChI is InChI=1S/C22H21N3O4/c1-2-28-22(27)17-10-8-16(9-11-17)20-13-12-19(29-20)14-24-25-21(26)15-23-18-6-4-3-5-7-18/h3-14,23H,2,15H2,1H3,(H,25,26)/b24-14-. The summed E-state index contributed by atoms with van der Waals surface area (Å²) >= 11 is 0. The zero-order valence-corrected chi connectivity index (χ0v) is 15.9. The molecule has 0 spiro atoms.